The third kappa shape index (κ3) is 3.00. The van der Waals surface area contributed by atoms with Crippen molar-refractivity contribution in [1.29, 1.82) is 0 Å². The minimum absolute atomic E-state index is 0.0565. The summed E-state index contributed by atoms with van der Waals surface area (Å²) < 4.78 is 1.78. The van der Waals surface area contributed by atoms with Crippen LogP contribution in [0.5, 0.6) is 0 Å². The van der Waals surface area contributed by atoms with Gasteiger partial charge in [0.05, 0.1) is 0 Å². The van der Waals surface area contributed by atoms with Crippen LogP contribution in [-0.2, 0) is 6.54 Å². The summed E-state index contributed by atoms with van der Waals surface area (Å²) in [5.41, 5.74) is 3.37. The zero-order valence-electron chi connectivity index (χ0n) is 10.8. The highest BCUT2D eigenvalue weighted by Gasteiger charge is 1.98. The van der Waals surface area contributed by atoms with Crippen LogP contribution in [0.15, 0.2) is 47.3 Å². The van der Waals surface area contributed by atoms with Gasteiger partial charge >= 0.3 is 0 Å². The van der Waals surface area contributed by atoms with E-state index in [1.165, 1.54) is 5.56 Å². The van der Waals surface area contributed by atoms with Gasteiger partial charge in [0.2, 0.25) is 0 Å². The molecule has 0 aliphatic rings. The largest absolute Gasteiger partial charge is 0.383 e. The van der Waals surface area contributed by atoms with Crippen molar-refractivity contribution in [2.75, 3.05) is 11.9 Å². The Kier molecular flexibility index (Phi) is 3.82. The van der Waals surface area contributed by atoms with E-state index in [1.54, 1.807) is 16.7 Å². The number of rotatable bonds is 4. The van der Waals surface area contributed by atoms with Gasteiger partial charge in [0.15, 0.2) is 0 Å². The summed E-state index contributed by atoms with van der Waals surface area (Å²) in [4.78, 5) is 11.7. The van der Waals surface area contributed by atoms with E-state index in [0.717, 1.165) is 17.9 Å². The molecule has 2 rings (SSSR count). The fourth-order valence-corrected chi connectivity index (χ4v) is 1.98. The first-order valence-corrected chi connectivity index (χ1v) is 6.14. The van der Waals surface area contributed by atoms with Crippen LogP contribution in [0.3, 0.4) is 0 Å². The normalized spacial score (nSPS) is 10.3. The predicted molar refractivity (Wildman–Crippen MR) is 75.1 cm³/mol. The van der Waals surface area contributed by atoms with Crippen molar-refractivity contribution in [2.45, 2.75) is 20.4 Å². The maximum absolute atomic E-state index is 11.7. The average Bonchev–Trinajstić information content (AvgIpc) is 2.33. The first kappa shape index (κ1) is 12.4. The van der Waals surface area contributed by atoms with E-state index < -0.39 is 0 Å². The Morgan fingerprint density at radius 3 is 2.61 bits per heavy atom. The Balaban J connectivity index is 1.99. The van der Waals surface area contributed by atoms with E-state index in [1.807, 2.05) is 25.1 Å². The molecule has 2 aromatic rings. The van der Waals surface area contributed by atoms with Crippen molar-refractivity contribution in [3.8, 4) is 0 Å². The van der Waals surface area contributed by atoms with Crippen LogP contribution < -0.4 is 10.9 Å². The van der Waals surface area contributed by atoms with Crippen LogP contribution in [0.1, 0.15) is 11.3 Å². The number of hydrogen-bond acceptors (Lipinski definition) is 2. The summed E-state index contributed by atoms with van der Waals surface area (Å²) >= 11 is 0. The second-order valence-corrected chi connectivity index (χ2v) is 4.45. The number of aromatic nitrogens is 1. The van der Waals surface area contributed by atoms with Crippen molar-refractivity contribution in [3.63, 3.8) is 0 Å². The molecule has 0 amide bonds. The number of anilines is 1. The zero-order chi connectivity index (χ0) is 13.0. The van der Waals surface area contributed by atoms with Crippen molar-refractivity contribution in [3.05, 3.63) is 64.1 Å². The van der Waals surface area contributed by atoms with Crippen LogP contribution in [0.25, 0.3) is 0 Å². The molecule has 1 N–H and O–H groups in total. The molecule has 0 spiro atoms. The maximum atomic E-state index is 11.7. The van der Waals surface area contributed by atoms with E-state index in [9.17, 15) is 4.79 Å². The molecule has 1 aromatic heterocycles. The van der Waals surface area contributed by atoms with Gasteiger partial charge in [-0.2, -0.15) is 0 Å². The molecule has 0 fully saturated rings. The number of aryl methyl sites for hydroxylation is 2. The fraction of sp³-hybridized carbons (Fsp3) is 0.267. The zero-order valence-corrected chi connectivity index (χ0v) is 10.8. The number of nitrogens with zero attached hydrogens (tertiary/aromatic N) is 1. The fourth-order valence-electron chi connectivity index (χ4n) is 1.98. The van der Waals surface area contributed by atoms with Gasteiger partial charge in [-0.1, -0.05) is 18.2 Å². The van der Waals surface area contributed by atoms with Crippen LogP contribution in [0.2, 0.25) is 0 Å². The van der Waals surface area contributed by atoms with E-state index >= 15 is 0 Å². The molecule has 18 heavy (non-hydrogen) atoms. The molecule has 0 aliphatic heterocycles. The van der Waals surface area contributed by atoms with Crippen molar-refractivity contribution >= 4 is 5.69 Å². The number of pyridine rings is 1. The van der Waals surface area contributed by atoms with Gasteiger partial charge in [0.1, 0.15) is 0 Å². The molecule has 3 heteroatoms. The Bertz CT molecular complexity index is 587. The lowest BCUT2D eigenvalue weighted by molar-refractivity contribution is 0.675. The van der Waals surface area contributed by atoms with Gasteiger partial charge in [-0.05, 0) is 37.6 Å². The van der Waals surface area contributed by atoms with Gasteiger partial charge in [0.25, 0.3) is 5.56 Å². The van der Waals surface area contributed by atoms with Crippen LogP contribution in [0.4, 0.5) is 5.69 Å². The number of nitrogens with one attached hydrogen (secondary N) is 1. The molecule has 0 saturated carbocycles. The van der Waals surface area contributed by atoms with Gasteiger partial charge in [-0.25, -0.2) is 0 Å². The van der Waals surface area contributed by atoms with E-state index in [2.05, 4.69) is 24.4 Å². The lowest BCUT2D eigenvalue weighted by Gasteiger charge is -2.11. The Morgan fingerprint density at radius 1 is 1.11 bits per heavy atom. The molecule has 3 nitrogen and oxygen atoms in total. The van der Waals surface area contributed by atoms with E-state index in [-0.39, 0.29) is 5.56 Å². The third-order valence-electron chi connectivity index (χ3n) is 2.95. The SMILES string of the molecule is Cc1cccc(NCCn2c(C)cccc2=O)c1. The molecule has 0 bridgehead atoms. The predicted octanol–water partition coefficient (Wildman–Crippen LogP) is 2.58. The first-order chi connectivity index (χ1) is 8.66. The highest BCUT2D eigenvalue weighted by Crippen LogP contribution is 2.08. The van der Waals surface area contributed by atoms with Gasteiger partial charge in [-0.15, -0.1) is 0 Å². The van der Waals surface area contributed by atoms with Gasteiger partial charge in [0, 0.05) is 30.5 Å². The summed E-state index contributed by atoms with van der Waals surface area (Å²) in [5, 5.41) is 3.33. The second kappa shape index (κ2) is 5.54. The molecule has 0 unspecified atom stereocenters. The Labute approximate surface area is 107 Å². The van der Waals surface area contributed by atoms with Crippen LogP contribution in [-0.4, -0.2) is 11.1 Å². The molecule has 0 atom stereocenters. The van der Waals surface area contributed by atoms with Crippen molar-refractivity contribution in [1.82, 2.24) is 4.57 Å². The lowest BCUT2D eigenvalue weighted by Crippen LogP contribution is -2.24. The maximum Gasteiger partial charge on any atom is 0.250 e. The molecular formula is C15H18N2O. The molecule has 1 heterocycles. The Morgan fingerprint density at radius 2 is 1.89 bits per heavy atom. The number of benzene rings is 1. The highest BCUT2D eigenvalue weighted by atomic mass is 16.1. The topological polar surface area (TPSA) is 34.0 Å². The average molecular weight is 242 g/mol. The van der Waals surface area contributed by atoms with Crippen LogP contribution in [0, 0.1) is 13.8 Å². The minimum Gasteiger partial charge on any atom is -0.383 e. The molecule has 0 saturated heterocycles. The molecular weight excluding hydrogens is 224 g/mol. The summed E-state index contributed by atoms with van der Waals surface area (Å²) in [5.74, 6) is 0. The summed E-state index contributed by atoms with van der Waals surface area (Å²) in [6, 6.07) is 13.6. The third-order valence-corrected chi connectivity index (χ3v) is 2.95. The van der Waals surface area contributed by atoms with Crippen molar-refractivity contribution < 1.29 is 0 Å². The quantitative estimate of drug-likeness (QED) is 0.894. The summed E-state index contributed by atoms with van der Waals surface area (Å²) in [6.45, 7) is 5.44. The second-order valence-electron chi connectivity index (χ2n) is 4.45. The van der Waals surface area contributed by atoms with Gasteiger partial charge in [-0.3, -0.25) is 4.79 Å². The molecule has 0 radical (unpaired) electrons. The summed E-state index contributed by atoms with van der Waals surface area (Å²) in [7, 11) is 0. The van der Waals surface area contributed by atoms with Crippen LogP contribution >= 0.6 is 0 Å². The van der Waals surface area contributed by atoms with E-state index in [0.29, 0.717) is 6.54 Å². The standard InChI is InChI=1S/C15H18N2O/c1-12-5-3-7-14(11-12)16-9-10-17-13(2)6-4-8-15(17)18/h3-8,11,16H,9-10H2,1-2H3. The monoisotopic (exact) mass is 242 g/mol. The van der Waals surface area contributed by atoms with Crippen molar-refractivity contribution in [2.24, 2.45) is 0 Å². The smallest absolute Gasteiger partial charge is 0.250 e. The molecule has 1 aromatic carbocycles. The number of hydrogen-bond donors (Lipinski definition) is 1. The molecule has 94 valence electrons. The highest BCUT2D eigenvalue weighted by molar-refractivity contribution is 5.45. The first-order valence-electron chi connectivity index (χ1n) is 6.14. The minimum atomic E-state index is 0.0565. The molecule has 0 aliphatic carbocycles. The summed E-state index contributed by atoms with van der Waals surface area (Å²) in [6.07, 6.45) is 0. The van der Waals surface area contributed by atoms with Gasteiger partial charge < -0.3 is 9.88 Å². The lowest BCUT2D eigenvalue weighted by atomic mass is 10.2. The van der Waals surface area contributed by atoms with E-state index in [4.69, 9.17) is 0 Å². The Hall–Kier alpha value is -2.03.